The van der Waals surface area contributed by atoms with Crippen LogP contribution in [0.15, 0.2) is 36.4 Å². The molecule has 2 aromatic heterocycles. The van der Waals surface area contributed by atoms with Gasteiger partial charge in [0.2, 0.25) is 5.95 Å². The standard InChI is InChI=1S/C20H23N7O2/c1-12-9-17(24-18-10-16(26-27-18)13-3-4-13)25-20(22-12)23-14-5-7-15(8-6-14)29-11-19(28)21-2/h5-10,13H,3-4,11H2,1-2H3,(H,21,28)(H3,22,23,24,25,26,27). The molecule has 1 amide bonds. The third-order valence-electron chi connectivity index (χ3n) is 4.47. The van der Waals surface area contributed by atoms with Crippen LogP contribution in [0.5, 0.6) is 5.75 Å². The molecule has 9 nitrogen and oxygen atoms in total. The van der Waals surface area contributed by atoms with Gasteiger partial charge >= 0.3 is 0 Å². The summed E-state index contributed by atoms with van der Waals surface area (Å²) < 4.78 is 5.40. The summed E-state index contributed by atoms with van der Waals surface area (Å²) in [7, 11) is 1.57. The van der Waals surface area contributed by atoms with Crippen LogP contribution in [-0.2, 0) is 4.79 Å². The Morgan fingerprint density at radius 2 is 1.97 bits per heavy atom. The van der Waals surface area contributed by atoms with E-state index in [2.05, 4.69) is 36.1 Å². The first-order valence-electron chi connectivity index (χ1n) is 9.47. The first kappa shape index (κ1) is 18.7. The molecule has 4 N–H and O–H groups in total. The molecule has 29 heavy (non-hydrogen) atoms. The summed E-state index contributed by atoms with van der Waals surface area (Å²) in [5.74, 6) is 2.99. The minimum Gasteiger partial charge on any atom is -0.484 e. The zero-order valence-corrected chi connectivity index (χ0v) is 16.3. The van der Waals surface area contributed by atoms with Crippen LogP contribution in [0.25, 0.3) is 0 Å². The van der Waals surface area contributed by atoms with E-state index in [9.17, 15) is 4.79 Å². The Morgan fingerprint density at radius 3 is 2.69 bits per heavy atom. The van der Waals surface area contributed by atoms with E-state index in [1.165, 1.54) is 12.8 Å². The number of aryl methyl sites for hydroxylation is 1. The maximum Gasteiger partial charge on any atom is 0.257 e. The van der Waals surface area contributed by atoms with Gasteiger partial charge in [-0.05, 0) is 44.0 Å². The second-order valence-electron chi connectivity index (χ2n) is 6.94. The molecule has 0 saturated heterocycles. The quantitative estimate of drug-likeness (QED) is 0.465. The van der Waals surface area contributed by atoms with Gasteiger partial charge in [-0.15, -0.1) is 0 Å². The summed E-state index contributed by atoms with van der Waals surface area (Å²) >= 11 is 0. The highest BCUT2D eigenvalue weighted by molar-refractivity contribution is 5.77. The summed E-state index contributed by atoms with van der Waals surface area (Å²) in [6, 6.07) is 11.1. The van der Waals surface area contributed by atoms with Gasteiger partial charge in [0.15, 0.2) is 6.61 Å². The number of benzene rings is 1. The molecule has 0 atom stereocenters. The molecule has 3 aromatic rings. The van der Waals surface area contributed by atoms with Crippen molar-refractivity contribution in [1.82, 2.24) is 25.5 Å². The highest BCUT2D eigenvalue weighted by Crippen LogP contribution is 2.39. The molecule has 2 heterocycles. The van der Waals surface area contributed by atoms with Crippen molar-refractivity contribution in [2.75, 3.05) is 24.3 Å². The van der Waals surface area contributed by atoms with Crippen LogP contribution in [0.3, 0.4) is 0 Å². The van der Waals surface area contributed by atoms with Gasteiger partial charge in [0.25, 0.3) is 5.91 Å². The molecule has 1 fully saturated rings. The van der Waals surface area contributed by atoms with Crippen molar-refractivity contribution < 1.29 is 9.53 Å². The average molecular weight is 393 g/mol. The lowest BCUT2D eigenvalue weighted by molar-refractivity contribution is -0.122. The van der Waals surface area contributed by atoms with Gasteiger partial charge in [-0.25, -0.2) is 4.98 Å². The molecule has 0 spiro atoms. The second-order valence-corrected chi connectivity index (χ2v) is 6.94. The number of H-pyrrole nitrogens is 1. The molecular weight excluding hydrogens is 370 g/mol. The Balaban J connectivity index is 1.41. The van der Waals surface area contributed by atoms with E-state index in [0.29, 0.717) is 23.4 Å². The van der Waals surface area contributed by atoms with Crippen molar-refractivity contribution in [3.8, 4) is 5.75 Å². The number of carbonyl (C=O) groups excluding carboxylic acids is 1. The number of hydrogen-bond acceptors (Lipinski definition) is 7. The molecule has 1 saturated carbocycles. The van der Waals surface area contributed by atoms with Crippen molar-refractivity contribution in [3.63, 3.8) is 0 Å². The average Bonchev–Trinajstić information content (AvgIpc) is 3.46. The second kappa shape index (κ2) is 8.17. The number of aromatic amines is 1. The van der Waals surface area contributed by atoms with Crippen molar-refractivity contribution >= 4 is 29.2 Å². The Labute approximate surface area is 168 Å². The number of amides is 1. The smallest absolute Gasteiger partial charge is 0.257 e. The van der Waals surface area contributed by atoms with E-state index in [0.717, 1.165) is 22.9 Å². The highest BCUT2D eigenvalue weighted by atomic mass is 16.5. The SMILES string of the molecule is CNC(=O)COc1ccc(Nc2nc(C)cc(Nc3cc(C4CC4)n[nH]3)n2)cc1. The number of hydrogen-bond donors (Lipinski definition) is 4. The van der Waals surface area contributed by atoms with Gasteiger partial charge in [-0.1, -0.05) is 0 Å². The molecular formula is C20H23N7O2. The van der Waals surface area contributed by atoms with Crippen molar-refractivity contribution in [2.45, 2.75) is 25.7 Å². The van der Waals surface area contributed by atoms with E-state index in [-0.39, 0.29) is 12.5 Å². The van der Waals surface area contributed by atoms with Crippen LogP contribution in [0.1, 0.15) is 30.1 Å². The third-order valence-corrected chi connectivity index (χ3v) is 4.47. The predicted octanol–water partition coefficient (Wildman–Crippen LogP) is 3.00. The fourth-order valence-corrected chi connectivity index (χ4v) is 2.80. The van der Waals surface area contributed by atoms with Gasteiger partial charge < -0.3 is 20.7 Å². The predicted molar refractivity (Wildman–Crippen MR) is 110 cm³/mol. The molecule has 0 radical (unpaired) electrons. The van der Waals surface area contributed by atoms with Gasteiger partial charge in [0.05, 0.1) is 5.69 Å². The zero-order valence-electron chi connectivity index (χ0n) is 16.3. The number of rotatable bonds is 8. The largest absolute Gasteiger partial charge is 0.484 e. The Hall–Kier alpha value is -3.62. The summed E-state index contributed by atoms with van der Waals surface area (Å²) in [6.07, 6.45) is 2.42. The Kier molecular flexibility index (Phi) is 5.28. The number of nitrogens with zero attached hydrogens (tertiary/aromatic N) is 3. The van der Waals surface area contributed by atoms with Crippen LogP contribution in [0, 0.1) is 6.92 Å². The zero-order chi connectivity index (χ0) is 20.2. The number of likely N-dealkylation sites (N-methyl/N-ethyl adjacent to an activating group) is 1. The molecule has 1 aliphatic rings. The van der Waals surface area contributed by atoms with E-state index in [1.54, 1.807) is 19.2 Å². The molecule has 0 unspecified atom stereocenters. The van der Waals surface area contributed by atoms with E-state index in [1.807, 2.05) is 31.2 Å². The van der Waals surface area contributed by atoms with E-state index >= 15 is 0 Å². The first-order valence-corrected chi connectivity index (χ1v) is 9.47. The first-order chi connectivity index (χ1) is 14.1. The summed E-state index contributed by atoms with van der Waals surface area (Å²) in [5.41, 5.74) is 2.74. The molecule has 0 bridgehead atoms. The van der Waals surface area contributed by atoms with Crippen LogP contribution in [-0.4, -0.2) is 39.7 Å². The summed E-state index contributed by atoms with van der Waals surface area (Å²) in [5, 5.41) is 16.3. The lowest BCUT2D eigenvalue weighted by Gasteiger charge is -2.10. The monoisotopic (exact) mass is 393 g/mol. The van der Waals surface area contributed by atoms with Crippen molar-refractivity contribution in [1.29, 1.82) is 0 Å². The van der Waals surface area contributed by atoms with Gasteiger partial charge in [-0.2, -0.15) is 10.1 Å². The molecule has 150 valence electrons. The van der Waals surface area contributed by atoms with Gasteiger partial charge in [-0.3, -0.25) is 9.89 Å². The van der Waals surface area contributed by atoms with Crippen molar-refractivity contribution in [2.24, 2.45) is 0 Å². The maximum atomic E-state index is 11.2. The number of ether oxygens (including phenoxy) is 1. The highest BCUT2D eigenvalue weighted by Gasteiger charge is 2.26. The number of carbonyl (C=O) groups is 1. The Bertz CT molecular complexity index is 996. The van der Waals surface area contributed by atoms with Gasteiger partial charge in [0.1, 0.15) is 17.4 Å². The number of aromatic nitrogens is 4. The minimum absolute atomic E-state index is 0.0185. The van der Waals surface area contributed by atoms with Gasteiger partial charge in [0, 0.05) is 36.5 Å². The summed E-state index contributed by atoms with van der Waals surface area (Å²) in [6.45, 7) is 1.89. The lowest BCUT2D eigenvalue weighted by atomic mass is 10.3. The minimum atomic E-state index is -0.179. The lowest BCUT2D eigenvalue weighted by Crippen LogP contribution is -2.24. The van der Waals surface area contributed by atoms with Crippen molar-refractivity contribution in [3.05, 3.63) is 47.8 Å². The third kappa shape index (κ3) is 5.01. The molecule has 4 rings (SSSR count). The van der Waals surface area contributed by atoms with Crippen LogP contribution in [0.2, 0.25) is 0 Å². The van der Waals surface area contributed by atoms with E-state index in [4.69, 9.17) is 4.74 Å². The van der Waals surface area contributed by atoms with Crippen LogP contribution < -0.4 is 20.7 Å². The number of anilines is 4. The normalized spacial score (nSPS) is 13.0. The fraction of sp³-hybridized carbons (Fsp3) is 0.300. The van der Waals surface area contributed by atoms with Crippen LogP contribution >= 0.6 is 0 Å². The van der Waals surface area contributed by atoms with Crippen LogP contribution in [0.4, 0.5) is 23.3 Å². The number of nitrogens with one attached hydrogen (secondary N) is 4. The molecule has 0 aliphatic heterocycles. The molecule has 9 heteroatoms. The maximum absolute atomic E-state index is 11.2. The van der Waals surface area contributed by atoms with E-state index < -0.39 is 0 Å². The fourth-order valence-electron chi connectivity index (χ4n) is 2.80. The molecule has 1 aliphatic carbocycles. The Morgan fingerprint density at radius 1 is 1.17 bits per heavy atom. The molecule has 1 aromatic carbocycles. The summed E-state index contributed by atoms with van der Waals surface area (Å²) in [4.78, 5) is 20.2. The topological polar surface area (TPSA) is 117 Å².